The van der Waals surface area contributed by atoms with Crippen LogP contribution in [0.5, 0.6) is 0 Å². The third-order valence-electron chi connectivity index (χ3n) is 0.890. The molecule has 0 aromatic heterocycles. The fourth-order valence-electron chi connectivity index (χ4n) is 0.410. The average Bonchev–Trinajstić information content (AvgIpc) is 2.10. The van der Waals surface area contributed by atoms with E-state index in [1.165, 1.54) is 4.91 Å². The van der Waals surface area contributed by atoms with Crippen LogP contribution in [0.15, 0.2) is 35.8 Å². The van der Waals surface area contributed by atoms with Crippen LogP contribution in [0.4, 0.5) is 0 Å². The number of allylic oxidation sites excluding steroid dienone is 4. The van der Waals surface area contributed by atoms with E-state index in [0.29, 0.717) is 0 Å². The molecular weight excluding hydrogens is 152 g/mol. The van der Waals surface area contributed by atoms with Crippen LogP contribution in [0.1, 0.15) is 20.8 Å². The van der Waals surface area contributed by atoms with Crippen molar-refractivity contribution >= 4 is 11.8 Å². The van der Waals surface area contributed by atoms with Gasteiger partial charge in [0.25, 0.3) is 0 Å². The average molecular weight is 170 g/mol. The van der Waals surface area contributed by atoms with E-state index < -0.39 is 0 Å². The van der Waals surface area contributed by atoms with Gasteiger partial charge < -0.3 is 0 Å². The monoisotopic (exact) mass is 170 g/mol. The van der Waals surface area contributed by atoms with E-state index in [9.17, 15) is 0 Å². The Morgan fingerprint density at radius 1 is 1.36 bits per heavy atom. The van der Waals surface area contributed by atoms with Crippen molar-refractivity contribution in [3.8, 4) is 0 Å². The molecule has 0 spiro atoms. The third kappa shape index (κ3) is 9.57. The van der Waals surface area contributed by atoms with E-state index in [1.54, 1.807) is 11.8 Å². The van der Waals surface area contributed by atoms with E-state index in [4.69, 9.17) is 0 Å². The molecule has 0 N–H and O–H groups in total. The van der Waals surface area contributed by atoms with E-state index in [-0.39, 0.29) is 0 Å². The maximum absolute atomic E-state index is 3.66. The van der Waals surface area contributed by atoms with Crippen LogP contribution < -0.4 is 0 Å². The van der Waals surface area contributed by atoms with Crippen LogP contribution in [0, 0.1) is 0 Å². The molecule has 0 unspecified atom stereocenters. The smallest absolute Gasteiger partial charge is 0.00631 e. The lowest BCUT2D eigenvalue weighted by atomic mass is 10.4. The first kappa shape index (κ1) is 13.2. The zero-order chi connectivity index (χ0) is 9.11. The van der Waals surface area contributed by atoms with Gasteiger partial charge in [0.1, 0.15) is 0 Å². The fraction of sp³-hybridized carbons (Fsp3) is 0.400. The molecule has 0 aromatic carbocycles. The van der Waals surface area contributed by atoms with Gasteiger partial charge in [0.15, 0.2) is 0 Å². The van der Waals surface area contributed by atoms with Gasteiger partial charge >= 0.3 is 0 Å². The number of hydrogen-bond acceptors (Lipinski definition) is 1. The molecule has 0 atom stereocenters. The summed E-state index contributed by atoms with van der Waals surface area (Å²) in [5, 5.41) is 0. The molecular formula is C10H18S. The summed E-state index contributed by atoms with van der Waals surface area (Å²) in [6.07, 6.45) is 9.94. The van der Waals surface area contributed by atoms with Crippen LogP contribution >= 0.6 is 11.8 Å². The molecule has 64 valence electrons. The zero-order valence-electron chi connectivity index (χ0n) is 7.92. The Labute approximate surface area is 75.1 Å². The molecule has 0 fully saturated rings. The normalized spacial score (nSPS) is 10.7. The maximum atomic E-state index is 3.66. The Balaban J connectivity index is 0. The molecule has 0 aromatic rings. The lowest BCUT2D eigenvalue weighted by Crippen LogP contribution is -1.62. The van der Waals surface area contributed by atoms with Crippen molar-refractivity contribution in [3.05, 3.63) is 35.8 Å². The van der Waals surface area contributed by atoms with Gasteiger partial charge in [-0.15, -0.1) is 11.8 Å². The first-order chi connectivity index (χ1) is 5.35. The Morgan fingerprint density at radius 3 is 2.18 bits per heavy atom. The minimum atomic E-state index is 1.20. The molecule has 0 bridgehead atoms. The lowest BCUT2D eigenvalue weighted by Gasteiger charge is -1.89. The minimum Gasteiger partial charge on any atom is -0.130 e. The molecule has 0 heterocycles. The van der Waals surface area contributed by atoms with Crippen LogP contribution in [0.25, 0.3) is 0 Å². The highest BCUT2D eigenvalue weighted by Gasteiger charge is 1.80. The van der Waals surface area contributed by atoms with E-state index in [1.807, 2.05) is 51.3 Å². The molecule has 0 aliphatic rings. The molecule has 0 nitrogen and oxygen atoms in total. The largest absolute Gasteiger partial charge is 0.130 e. The summed E-state index contributed by atoms with van der Waals surface area (Å²) in [6.45, 7) is 9.66. The molecule has 0 radical (unpaired) electrons. The van der Waals surface area contributed by atoms with E-state index in [2.05, 4.69) is 6.58 Å². The van der Waals surface area contributed by atoms with Crippen molar-refractivity contribution in [2.45, 2.75) is 20.8 Å². The maximum Gasteiger partial charge on any atom is 0.00631 e. The second kappa shape index (κ2) is 12.3. The highest BCUT2D eigenvalue weighted by Crippen LogP contribution is 2.11. The standard InChI is InChI=1S/C8H12S.C2H6/c1-4-6-7-8(5-2)9-3;1-2/h4-7H,2H2,1,3H3;1-2H3/b6-4+,8-7+;. The quantitative estimate of drug-likeness (QED) is 0.576. The summed E-state index contributed by atoms with van der Waals surface area (Å²) < 4.78 is 0. The van der Waals surface area contributed by atoms with Gasteiger partial charge in [-0.25, -0.2) is 0 Å². The Kier molecular flexibility index (Phi) is 14.7. The summed E-state index contributed by atoms with van der Waals surface area (Å²) in [5.74, 6) is 0. The topological polar surface area (TPSA) is 0 Å². The first-order valence-electron chi connectivity index (χ1n) is 3.84. The van der Waals surface area contributed by atoms with Crippen LogP contribution in [0.2, 0.25) is 0 Å². The summed E-state index contributed by atoms with van der Waals surface area (Å²) in [6, 6.07) is 0. The number of rotatable bonds is 3. The van der Waals surface area contributed by atoms with Crippen molar-refractivity contribution < 1.29 is 0 Å². The van der Waals surface area contributed by atoms with Gasteiger partial charge in [-0.05, 0) is 19.3 Å². The van der Waals surface area contributed by atoms with E-state index >= 15 is 0 Å². The van der Waals surface area contributed by atoms with E-state index in [0.717, 1.165) is 0 Å². The predicted octanol–water partition coefficient (Wildman–Crippen LogP) is 4.02. The SMILES string of the molecule is C=C/C(=C\C=C\C)SC.CC. The molecule has 1 heteroatoms. The fourth-order valence-corrected chi connectivity index (χ4v) is 0.792. The molecule has 0 saturated carbocycles. The zero-order valence-corrected chi connectivity index (χ0v) is 8.74. The molecule has 11 heavy (non-hydrogen) atoms. The molecule has 0 amide bonds. The molecule has 0 saturated heterocycles. The highest BCUT2D eigenvalue weighted by molar-refractivity contribution is 8.02. The Morgan fingerprint density at radius 2 is 1.91 bits per heavy atom. The van der Waals surface area contributed by atoms with Gasteiger partial charge in [-0.3, -0.25) is 0 Å². The lowest BCUT2D eigenvalue weighted by molar-refractivity contribution is 1.50. The number of thioether (sulfide) groups is 1. The Hall–Kier alpha value is -0.430. The number of hydrogen-bond donors (Lipinski definition) is 0. The van der Waals surface area contributed by atoms with Crippen molar-refractivity contribution in [3.63, 3.8) is 0 Å². The first-order valence-corrected chi connectivity index (χ1v) is 5.07. The third-order valence-corrected chi connectivity index (χ3v) is 1.66. The highest BCUT2D eigenvalue weighted by atomic mass is 32.2. The van der Waals surface area contributed by atoms with Crippen molar-refractivity contribution in [2.75, 3.05) is 6.26 Å². The van der Waals surface area contributed by atoms with Gasteiger partial charge in [0.2, 0.25) is 0 Å². The molecule has 0 aliphatic heterocycles. The van der Waals surface area contributed by atoms with Crippen molar-refractivity contribution in [2.24, 2.45) is 0 Å². The van der Waals surface area contributed by atoms with Gasteiger partial charge in [-0.1, -0.05) is 38.7 Å². The molecule has 0 aliphatic carbocycles. The predicted molar refractivity (Wildman–Crippen MR) is 58.0 cm³/mol. The van der Waals surface area contributed by atoms with Crippen LogP contribution in [-0.2, 0) is 0 Å². The van der Waals surface area contributed by atoms with Crippen molar-refractivity contribution in [1.29, 1.82) is 0 Å². The minimum absolute atomic E-state index is 1.20. The second-order valence-corrected chi connectivity index (χ2v) is 2.38. The summed E-state index contributed by atoms with van der Waals surface area (Å²) in [5.41, 5.74) is 0. The van der Waals surface area contributed by atoms with Crippen LogP contribution in [-0.4, -0.2) is 6.26 Å². The van der Waals surface area contributed by atoms with Gasteiger partial charge in [0, 0.05) is 4.91 Å². The van der Waals surface area contributed by atoms with Gasteiger partial charge in [-0.2, -0.15) is 0 Å². The molecule has 0 rings (SSSR count). The summed E-state index contributed by atoms with van der Waals surface area (Å²) >= 11 is 1.70. The second-order valence-electron chi connectivity index (χ2n) is 1.50. The Bertz CT molecular complexity index is 132. The van der Waals surface area contributed by atoms with Crippen molar-refractivity contribution in [1.82, 2.24) is 0 Å². The summed E-state index contributed by atoms with van der Waals surface area (Å²) in [7, 11) is 0. The van der Waals surface area contributed by atoms with Gasteiger partial charge in [0.05, 0.1) is 0 Å². The summed E-state index contributed by atoms with van der Waals surface area (Å²) in [4.78, 5) is 1.20. The van der Waals surface area contributed by atoms with Crippen LogP contribution in [0.3, 0.4) is 0 Å².